The van der Waals surface area contributed by atoms with Crippen molar-refractivity contribution in [2.45, 2.75) is 39.2 Å². The molecule has 0 amide bonds. The largest absolute Gasteiger partial charge is 0.465 e. The fourth-order valence-corrected chi connectivity index (χ4v) is 2.22. The van der Waals surface area contributed by atoms with Crippen LogP contribution in [-0.4, -0.2) is 49.7 Å². The van der Waals surface area contributed by atoms with Gasteiger partial charge in [0.05, 0.1) is 13.2 Å². The molecule has 1 saturated heterocycles. The van der Waals surface area contributed by atoms with E-state index in [2.05, 4.69) is 17.1 Å². The van der Waals surface area contributed by atoms with Gasteiger partial charge >= 0.3 is 5.97 Å². The SMILES string of the molecule is CCCN(CC(=O)OCC)C1CCNCC1.Cl. The van der Waals surface area contributed by atoms with Crippen molar-refractivity contribution in [2.24, 2.45) is 0 Å². The van der Waals surface area contributed by atoms with Crippen LogP contribution in [0.25, 0.3) is 0 Å². The van der Waals surface area contributed by atoms with Crippen LogP contribution in [0.1, 0.15) is 33.1 Å². The number of hydrogen-bond acceptors (Lipinski definition) is 4. The average Bonchev–Trinajstić information content (AvgIpc) is 2.30. The zero-order valence-corrected chi connectivity index (χ0v) is 11.7. The van der Waals surface area contributed by atoms with Gasteiger partial charge in [-0.05, 0) is 45.8 Å². The molecule has 1 fully saturated rings. The Hall–Kier alpha value is -0.320. The molecule has 102 valence electrons. The summed E-state index contributed by atoms with van der Waals surface area (Å²) in [6, 6.07) is 0.547. The molecule has 17 heavy (non-hydrogen) atoms. The number of carbonyl (C=O) groups is 1. The molecule has 5 heteroatoms. The van der Waals surface area contributed by atoms with Crippen molar-refractivity contribution >= 4 is 18.4 Å². The molecule has 0 aromatic rings. The summed E-state index contributed by atoms with van der Waals surface area (Å²) in [5, 5.41) is 3.35. The third kappa shape index (κ3) is 6.24. The van der Waals surface area contributed by atoms with E-state index in [1.807, 2.05) is 6.92 Å². The lowest BCUT2D eigenvalue weighted by Crippen LogP contribution is -2.45. The molecule has 1 aliphatic heterocycles. The smallest absolute Gasteiger partial charge is 0.320 e. The van der Waals surface area contributed by atoms with Crippen LogP contribution in [0.4, 0.5) is 0 Å². The minimum absolute atomic E-state index is 0. The highest BCUT2D eigenvalue weighted by Crippen LogP contribution is 2.12. The molecule has 1 N–H and O–H groups in total. The number of nitrogens with zero attached hydrogens (tertiary/aromatic N) is 1. The number of halogens is 1. The van der Waals surface area contributed by atoms with E-state index >= 15 is 0 Å². The van der Waals surface area contributed by atoms with Crippen LogP contribution < -0.4 is 5.32 Å². The normalized spacial score (nSPS) is 16.6. The van der Waals surface area contributed by atoms with Gasteiger partial charge in [0.15, 0.2) is 0 Å². The standard InChI is InChI=1S/C12H24N2O2.ClH/c1-3-9-14(10-12(15)16-4-2)11-5-7-13-8-6-11;/h11,13H,3-10H2,1-2H3;1H. The van der Waals surface area contributed by atoms with E-state index in [0.29, 0.717) is 19.2 Å². The summed E-state index contributed by atoms with van der Waals surface area (Å²) in [7, 11) is 0. The zero-order chi connectivity index (χ0) is 11.8. The van der Waals surface area contributed by atoms with Crippen molar-refractivity contribution in [2.75, 3.05) is 32.8 Å². The first-order valence-corrected chi connectivity index (χ1v) is 6.38. The summed E-state index contributed by atoms with van der Waals surface area (Å²) in [5.74, 6) is -0.0884. The molecule has 0 bridgehead atoms. The molecule has 1 heterocycles. The highest BCUT2D eigenvalue weighted by molar-refractivity contribution is 5.85. The van der Waals surface area contributed by atoms with E-state index in [1.54, 1.807) is 0 Å². The Labute approximate surface area is 110 Å². The van der Waals surface area contributed by atoms with Crippen LogP contribution in [0.3, 0.4) is 0 Å². The van der Waals surface area contributed by atoms with Crippen LogP contribution in [0.15, 0.2) is 0 Å². The van der Waals surface area contributed by atoms with Crippen molar-refractivity contribution in [3.05, 3.63) is 0 Å². The van der Waals surface area contributed by atoms with Crippen molar-refractivity contribution < 1.29 is 9.53 Å². The lowest BCUT2D eigenvalue weighted by atomic mass is 10.0. The van der Waals surface area contributed by atoms with Crippen LogP contribution in [-0.2, 0) is 9.53 Å². The lowest BCUT2D eigenvalue weighted by molar-refractivity contribution is -0.145. The van der Waals surface area contributed by atoms with E-state index in [9.17, 15) is 4.79 Å². The Morgan fingerprint density at radius 1 is 1.35 bits per heavy atom. The number of piperidine rings is 1. The molecule has 0 radical (unpaired) electrons. The maximum atomic E-state index is 11.5. The second-order valence-electron chi connectivity index (χ2n) is 4.26. The first-order chi connectivity index (χ1) is 7.77. The third-order valence-corrected chi connectivity index (χ3v) is 2.97. The summed E-state index contributed by atoms with van der Waals surface area (Å²) in [6.45, 7) is 8.05. The molecule has 4 nitrogen and oxygen atoms in total. The predicted octanol–water partition coefficient (Wildman–Crippen LogP) is 1.44. The monoisotopic (exact) mass is 264 g/mol. The number of esters is 1. The van der Waals surface area contributed by atoms with E-state index < -0.39 is 0 Å². The van der Waals surface area contributed by atoms with E-state index in [0.717, 1.165) is 38.9 Å². The topological polar surface area (TPSA) is 41.6 Å². The number of ether oxygens (including phenoxy) is 1. The van der Waals surface area contributed by atoms with Crippen molar-refractivity contribution in [3.8, 4) is 0 Å². The van der Waals surface area contributed by atoms with Crippen LogP contribution in [0.2, 0.25) is 0 Å². The fraction of sp³-hybridized carbons (Fsp3) is 0.917. The van der Waals surface area contributed by atoms with Gasteiger partial charge in [-0.3, -0.25) is 9.69 Å². The maximum absolute atomic E-state index is 11.5. The van der Waals surface area contributed by atoms with Gasteiger partial charge in [-0.25, -0.2) is 0 Å². The van der Waals surface area contributed by atoms with E-state index in [-0.39, 0.29) is 18.4 Å². The van der Waals surface area contributed by atoms with E-state index in [1.165, 1.54) is 0 Å². The maximum Gasteiger partial charge on any atom is 0.320 e. The molecule has 0 saturated carbocycles. The fourth-order valence-electron chi connectivity index (χ4n) is 2.22. The van der Waals surface area contributed by atoms with Crippen molar-refractivity contribution in [1.82, 2.24) is 10.2 Å². The number of rotatable bonds is 6. The van der Waals surface area contributed by atoms with E-state index in [4.69, 9.17) is 4.74 Å². The molecule has 0 atom stereocenters. The molecule has 1 aliphatic rings. The molecule has 1 rings (SSSR count). The molecular formula is C12H25ClN2O2. The first-order valence-electron chi connectivity index (χ1n) is 6.38. The third-order valence-electron chi connectivity index (χ3n) is 2.97. The number of carbonyl (C=O) groups excluding carboxylic acids is 1. The minimum atomic E-state index is -0.0884. The second-order valence-corrected chi connectivity index (χ2v) is 4.26. The minimum Gasteiger partial charge on any atom is -0.465 e. The van der Waals surface area contributed by atoms with Crippen LogP contribution in [0.5, 0.6) is 0 Å². The van der Waals surface area contributed by atoms with Crippen LogP contribution in [0, 0.1) is 0 Å². The van der Waals surface area contributed by atoms with Crippen molar-refractivity contribution in [1.29, 1.82) is 0 Å². The average molecular weight is 265 g/mol. The summed E-state index contributed by atoms with van der Waals surface area (Å²) in [4.78, 5) is 13.8. The highest BCUT2D eigenvalue weighted by Gasteiger charge is 2.22. The Balaban J connectivity index is 0.00000256. The van der Waals surface area contributed by atoms with Crippen LogP contribution >= 0.6 is 12.4 Å². The molecule has 0 spiro atoms. The molecular weight excluding hydrogens is 240 g/mol. The quantitative estimate of drug-likeness (QED) is 0.737. The molecule has 0 aromatic heterocycles. The van der Waals surface area contributed by atoms with Gasteiger partial charge in [0, 0.05) is 6.04 Å². The van der Waals surface area contributed by atoms with Gasteiger partial charge in [0.2, 0.25) is 0 Å². The summed E-state index contributed by atoms with van der Waals surface area (Å²) in [5.41, 5.74) is 0. The predicted molar refractivity (Wildman–Crippen MR) is 71.6 cm³/mol. The van der Waals surface area contributed by atoms with Gasteiger partial charge < -0.3 is 10.1 Å². The number of nitrogens with one attached hydrogen (secondary N) is 1. The van der Waals surface area contributed by atoms with Gasteiger partial charge in [-0.2, -0.15) is 0 Å². The van der Waals surface area contributed by atoms with Crippen molar-refractivity contribution in [3.63, 3.8) is 0 Å². The van der Waals surface area contributed by atoms with Gasteiger partial charge in [-0.15, -0.1) is 12.4 Å². The first kappa shape index (κ1) is 16.7. The summed E-state index contributed by atoms with van der Waals surface area (Å²) in [6.07, 6.45) is 3.36. The Bertz CT molecular complexity index is 209. The molecule has 0 aromatic carbocycles. The Morgan fingerprint density at radius 2 is 2.00 bits per heavy atom. The Morgan fingerprint density at radius 3 is 2.53 bits per heavy atom. The van der Waals surface area contributed by atoms with Gasteiger partial charge in [-0.1, -0.05) is 6.92 Å². The second kappa shape index (κ2) is 9.68. The highest BCUT2D eigenvalue weighted by atomic mass is 35.5. The molecule has 0 aliphatic carbocycles. The number of hydrogen-bond donors (Lipinski definition) is 1. The molecule has 0 unspecified atom stereocenters. The lowest BCUT2D eigenvalue weighted by Gasteiger charge is -2.33. The summed E-state index contributed by atoms with van der Waals surface area (Å²) < 4.78 is 5.01. The zero-order valence-electron chi connectivity index (χ0n) is 10.9. The van der Waals surface area contributed by atoms with Gasteiger partial charge in [0.1, 0.15) is 0 Å². The summed E-state index contributed by atoms with van der Waals surface area (Å²) >= 11 is 0. The Kier molecular flexibility index (Phi) is 9.50. The van der Waals surface area contributed by atoms with Gasteiger partial charge in [0.25, 0.3) is 0 Å².